The lowest BCUT2D eigenvalue weighted by molar-refractivity contribution is -0.0976. The van der Waals surface area contributed by atoms with E-state index in [4.69, 9.17) is 21.4 Å². The van der Waals surface area contributed by atoms with Gasteiger partial charge in [0, 0.05) is 24.3 Å². The monoisotopic (exact) mass is 298 g/mol. The van der Waals surface area contributed by atoms with Gasteiger partial charge >= 0.3 is 5.97 Å². The van der Waals surface area contributed by atoms with Crippen molar-refractivity contribution in [3.05, 3.63) is 22.8 Å². The van der Waals surface area contributed by atoms with Crippen LogP contribution >= 0.6 is 11.6 Å². The van der Waals surface area contributed by atoms with E-state index in [0.29, 0.717) is 12.4 Å². The number of halogens is 1. The van der Waals surface area contributed by atoms with Crippen LogP contribution in [0.25, 0.3) is 0 Å². The van der Waals surface area contributed by atoms with Gasteiger partial charge in [0.05, 0.1) is 16.7 Å². The molecule has 1 saturated carbocycles. The van der Waals surface area contributed by atoms with Crippen molar-refractivity contribution in [3.8, 4) is 0 Å². The van der Waals surface area contributed by atoms with Gasteiger partial charge in [-0.1, -0.05) is 25.4 Å². The zero-order valence-electron chi connectivity index (χ0n) is 11.8. The Bertz CT molecular complexity index is 519. The normalized spacial score (nSPS) is 24.0. The van der Waals surface area contributed by atoms with Crippen LogP contribution in [0.4, 0.5) is 5.82 Å². The average Bonchev–Trinajstić information content (AvgIpc) is 2.39. The quantitative estimate of drug-likeness (QED) is 0.874. The number of carbonyl (C=O) groups is 1. The van der Waals surface area contributed by atoms with E-state index < -0.39 is 5.97 Å². The minimum Gasteiger partial charge on any atom is -0.478 e. The number of anilines is 1. The highest BCUT2D eigenvalue weighted by Crippen LogP contribution is 2.44. The Hall–Kier alpha value is -1.33. The number of carboxylic acids is 1. The van der Waals surface area contributed by atoms with E-state index in [9.17, 15) is 4.79 Å². The lowest BCUT2D eigenvalue weighted by Crippen LogP contribution is -2.58. The van der Waals surface area contributed by atoms with Crippen molar-refractivity contribution in [3.63, 3.8) is 0 Å². The molecule has 6 heteroatoms. The van der Waals surface area contributed by atoms with Gasteiger partial charge in [-0.2, -0.15) is 0 Å². The third-order valence-electron chi connectivity index (χ3n) is 3.95. The van der Waals surface area contributed by atoms with E-state index in [1.165, 1.54) is 12.3 Å². The summed E-state index contributed by atoms with van der Waals surface area (Å²) in [6.45, 7) is 6.94. The Morgan fingerprint density at radius 3 is 2.90 bits per heavy atom. The molecule has 0 aromatic carbocycles. The summed E-state index contributed by atoms with van der Waals surface area (Å²) in [6, 6.07) is 1.67. The van der Waals surface area contributed by atoms with Crippen LogP contribution in [0.2, 0.25) is 5.02 Å². The van der Waals surface area contributed by atoms with Crippen LogP contribution in [0.5, 0.6) is 0 Å². The topological polar surface area (TPSA) is 71.5 Å². The molecule has 20 heavy (non-hydrogen) atoms. The minimum absolute atomic E-state index is 0.0132. The van der Waals surface area contributed by atoms with E-state index >= 15 is 0 Å². The number of aromatic carboxylic acids is 1. The third-order valence-corrected chi connectivity index (χ3v) is 4.25. The summed E-state index contributed by atoms with van der Waals surface area (Å²) in [4.78, 5) is 15.2. The fourth-order valence-electron chi connectivity index (χ4n) is 2.47. The molecule has 1 heterocycles. The Morgan fingerprint density at radius 2 is 2.35 bits per heavy atom. The molecule has 1 aliphatic rings. The predicted molar refractivity (Wildman–Crippen MR) is 77.4 cm³/mol. The van der Waals surface area contributed by atoms with Gasteiger partial charge in [0.2, 0.25) is 0 Å². The molecule has 5 nitrogen and oxygen atoms in total. The summed E-state index contributed by atoms with van der Waals surface area (Å²) in [5, 5.41) is 12.5. The van der Waals surface area contributed by atoms with Gasteiger partial charge in [-0.25, -0.2) is 9.78 Å². The number of hydrogen-bond acceptors (Lipinski definition) is 4. The molecule has 2 rings (SSSR count). The molecule has 2 atom stereocenters. The van der Waals surface area contributed by atoms with Gasteiger partial charge in [-0.05, 0) is 19.4 Å². The number of carboxylic acid groups (broad SMARTS) is 1. The smallest absolute Gasteiger partial charge is 0.337 e. The number of aromatic nitrogens is 1. The highest BCUT2D eigenvalue weighted by atomic mass is 35.5. The van der Waals surface area contributed by atoms with Crippen LogP contribution in [-0.2, 0) is 4.74 Å². The van der Waals surface area contributed by atoms with Crippen LogP contribution in [0.1, 0.15) is 37.6 Å². The first-order valence-corrected chi connectivity index (χ1v) is 7.01. The van der Waals surface area contributed by atoms with E-state index in [2.05, 4.69) is 24.1 Å². The van der Waals surface area contributed by atoms with Gasteiger partial charge in [-0.3, -0.25) is 0 Å². The summed E-state index contributed by atoms with van der Waals surface area (Å²) in [5.41, 5.74) is 0.0448. The summed E-state index contributed by atoms with van der Waals surface area (Å²) in [6.07, 6.45) is 2.46. The maximum atomic E-state index is 11.0. The zero-order chi connectivity index (χ0) is 14.9. The van der Waals surface area contributed by atoms with Gasteiger partial charge in [0.25, 0.3) is 0 Å². The van der Waals surface area contributed by atoms with Crippen molar-refractivity contribution in [2.45, 2.75) is 39.3 Å². The van der Waals surface area contributed by atoms with Crippen molar-refractivity contribution in [2.24, 2.45) is 5.41 Å². The number of hydrogen-bond donors (Lipinski definition) is 2. The van der Waals surface area contributed by atoms with Gasteiger partial charge in [-0.15, -0.1) is 0 Å². The van der Waals surface area contributed by atoms with Crippen LogP contribution in [0.15, 0.2) is 12.3 Å². The second-order valence-corrected chi connectivity index (χ2v) is 5.96. The fraction of sp³-hybridized carbons (Fsp3) is 0.571. The standard InChI is InChI=1S/C14H19ClN2O3/c1-4-20-11-6-10(14(11,2)3)17-12-5-8(13(18)19)9(15)7-16-12/h5,7,10-11H,4,6H2,1-3H3,(H,16,17)(H,18,19). The molecule has 0 radical (unpaired) electrons. The van der Waals surface area contributed by atoms with Gasteiger partial charge < -0.3 is 15.2 Å². The van der Waals surface area contributed by atoms with E-state index in [-0.39, 0.29) is 28.1 Å². The van der Waals surface area contributed by atoms with E-state index in [1.807, 2.05) is 6.92 Å². The molecule has 1 aromatic rings. The summed E-state index contributed by atoms with van der Waals surface area (Å²) < 4.78 is 5.67. The molecule has 0 bridgehead atoms. The van der Waals surface area contributed by atoms with E-state index in [1.54, 1.807) is 0 Å². The van der Waals surface area contributed by atoms with Crippen molar-refractivity contribution >= 4 is 23.4 Å². The maximum absolute atomic E-state index is 11.0. The Labute approximate surface area is 123 Å². The van der Waals surface area contributed by atoms with Crippen LogP contribution in [0.3, 0.4) is 0 Å². The Balaban J connectivity index is 2.09. The largest absolute Gasteiger partial charge is 0.478 e. The highest BCUT2D eigenvalue weighted by molar-refractivity contribution is 6.33. The second-order valence-electron chi connectivity index (χ2n) is 5.55. The molecular formula is C14H19ClN2O3. The van der Waals surface area contributed by atoms with E-state index in [0.717, 1.165) is 6.42 Å². The lowest BCUT2D eigenvalue weighted by atomic mass is 9.64. The van der Waals surface area contributed by atoms with Crippen molar-refractivity contribution in [1.82, 2.24) is 4.98 Å². The molecule has 2 N–H and O–H groups in total. The van der Waals surface area contributed by atoms with Crippen LogP contribution in [-0.4, -0.2) is 34.8 Å². The Kier molecular flexibility index (Phi) is 4.20. The number of rotatable bonds is 5. The number of ether oxygens (including phenoxy) is 1. The van der Waals surface area contributed by atoms with Crippen molar-refractivity contribution in [2.75, 3.05) is 11.9 Å². The fourth-order valence-corrected chi connectivity index (χ4v) is 2.66. The molecule has 0 spiro atoms. The molecule has 1 fully saturated rings. The van der Waals surface area contributed by atoms with Crippen LogP contribution < -0.4 is 5.32 Å². The summed E-state index contributed by atoms with van der Waals surface area (Å²) in [7, 11) is 0. The molecule has 0 amide bonds. The maximum Gasteiger partial charge on any atom is 0.337 e. The zero-order valence-corrected chi connectivity index (χ0v) is 12.6. The first kappa shape index (κ1) is 15.1. The molecule has 0 aliphatic heterocycles. The lowest BCUT2D eigenvalue weighted by Gasteiger charge is -2.51. The highest BCUT2D eigenvalue weighted by Gasteiger charge is 2.49. The van der Waals surface area contributed by atoms with Crippen LogP contribution in [0, 0.1) is 5.41 Å². The number of pyridine rings is 1. The van der Waals surface area contributed by atoms with Crippen molar-refractivity contribution < 1.29 is 14.6 Å². The molecule has 2 unspecified atom stereocenters. The van der Waals surface area contributed by atoms with Crippen molar-refractivity contribution in [1.29, 1.82) is 0 Å². The second kappa shape index (κ2) is 5.58. The number of nitrogens with one attached hydrogen (secondary N) is 1. The molecular weight excluding hydrogens is 280 g/mol. The molecule has 110 valence electrons. The average molecular weight is 299 g/mol. The number of nitrogens with zero attached hydrogens (tertiary/aromatic N) is 1. The first-order chi connectivity index (χ1) is 9.36. The Morgan fingerprint density at radius 1 is 1.65 bits per heavy atom. The molecule has 0 saturated heterocycles. The minimum atomic E-state index is -1.06. The van der Waals surface area contributed by atoms with Gasteiger partial charge in [0.1, 0.15) is 5.82 Å². The summed E-state index contributed by atoms with van der Waals surface area (Å²) in [5.74, 6) is -0.527. The SMILES string of the molecule is CCOC1CC(Nc2cc(C(=O)O)c(Cl)cn2)C1(C)C. The predicted octanol–water partition coefficient (Wildman–Crippen LogP) is 3.05. The first-order valence-electron chi connectivity index (χ1n) is 6.63. The summed E-state index contributed by atoms with van der Waals surface area (Å²) >= 11 is 5.80. The third kappa shape index (κ3) is 2.74. The molecule has 1 aliphatic carbocycles. The molecule has 1 aromatic heterocycles. The van der Waals surface area contributed by atoms with Gasteiger partial charge in [0.15, 0.2) is 0 Å².